The second-order valence-corrected chi connectivity index (χ2v) is 10.4. The maximum atomic E-state index is 13.3. The fraction of sp³-hybridized carbons (Fsp3) is 0.389. The molecule has 174 valence electrons. The van der Waals surface area contributed by atoms with Crippen LogP contribution < -0.4 is 15.4 Å². The first-order valence-electron chi connectivity index (χ1n) is 9.19. The molecule has 1 fully saturated rings. The highest BCUT2D eigenvalue weighted by Crippen LogP contribution is 2.40. The van der Waals surface area contributed by atoms with E-state index < -0.39 is 37.0 Å². The highest BCUT2D eigenvalue weighted by atomic mass is 35.5. The number of carbonyl (C=O) groups excluding carboxylic acids is 1. The Kier molecular flexibility index (Phi) is 6.62. The first-order valence-corrected chi connectivity index (χ1v) is 11.5. The predicted molar refractivity (Wildman–Crippen MR) is 113 cm³/mol. The van der Waals surface area contributed by atoms with Crippen LogP contribution in [0.25, 0.3) is 0 Å². The topological polar surface area (TPSA) is 118 Å². The Bertz CT molecular complexity index is 1140. The third-order valence-corrected chi connectivity index (χ3v) is 6.88. The first kappa shape index (κ1) is 24.5. The molecular weight excluding hydrogens is 494 g/mol. The van der Waals surface area contributed by atoms with Crippen molar-refractivity contribution in [3.05, 3.63) is 41.7 Å². The van der Waals surface area contributed by atoms with Crippen LogP contribution in [0.15, 0.2) is 35.6 Å². The lowest BCUT2D eigenvalue weighted by Crippen LogP contribution is -2.45. The van der Waals surface area contributed by atoms with Gasteiger partial charge in [0, 0.05) is 43.2 Å². The van der Waals surface area contributed by atoms with Crippen LogP contribution in [0.3, 0.4) is 0 Å². The van der Waals surface area contributed by atoms with Gasteiger partial charge in [0.1, 0.15) is 10.2 Å². The highest BCUT2D eigenvalue weighted by molar-refractivity contribution is 7.89. The smallest absolute Gasteiger partial charge is 0.355 e. The molecule has 2 aromatic heterocycles. The van der Waals surface area contributed by atoms with Crippen molar-refractivity contribution in [2.45, 2.75) is 28.9 Å². The largest absolute Gasteiger partial charge is 0.417 e. The van der Waals surface area contributed by atoms with Gasteiger partial charge in [0.05, 0.1) is 11.1 Å². The number of hydrogen-bond acceptors (Lipinski definition) is 6. The van der Waals surface area contributed by atoms with Crippen molar-refractivity contribution in [3.63, 3.8) is 0 Å². The molecule has 1 saturated heterocycles. The number of anilines is 2. The molecule has 0 saturated carbocycles. The van der Waals surface area contributed by atoms with Gasteiger partial charge in [-0.3, -0.25) is 4.79 Å². The van der Waals surface area contributed by atoms with Crippen molar-refractivity contribution in [2.75, 3.05) is 23.3 Å². The molecule has 1 amide bonds. The number of hydrogen-bond donors (Lipinski definition) is 2. The molecule has 3 N–H and O–H groups in total. The summed E-state index contributed by atoms with van der Waals surface area (Å²) in [5.74, 6) is -1.16. The van der Waals surface area contributed by atoms with Gasteiger partial charge in [0.15, 0.2) is 5.03 Å². The lowest BCUT2D eigenvalue weighted by Gasteiger charge is -2.40. The molecule has 3 rings (SSSR count). The number of nitrogens with zero attached hydrogens (tertiary/aromatic N) is 3. The Balaban J connectivity index is 1.99. The van der Waals surface area contributed by atoms with Gasteiger partial charge in [-0.1, -0.05) is 6.92 Å². The van der Waals surface area contributed by atoms with E-state index in [2.05, 4.69) is 15.3 Å². The number of aromatic nitrogens is 2. The van der Waals surface area contributed by atoms with Crippen LogP contribution in [0.4, 0.5) is 24.7 Å². The zero-order valence-electron chi connectivity index (χ0n) is 16.5. The van der Waals surface area contributed by atoms with Crippen molar-refractivity contribution in [2.24, 2.45) is 11.1 Å². The molecule has 1 aliphatic heterocycles. The lowest BCUT2D eigenvalue weighted by atomic mass is 9.98. The summed E-state index contributed by atoms with van der Waals surface area (Å²) in [5.41, 5.74) is -1.48. The van der Waals surface area contributed by atoms with Gasteiger partial charge in [-0.25, -0.2) is 23.5 Å². The maximum Gasteiger partial charge on any atom is 0.417 e. The molecule has 0 aliphatic carbocycles. The molecule has 0 aromatic carbocycles. The number of halogens is 5. The number of piperidine rings is 1. The fourth-order valence-corrected chi connectivity index (χ4v) is 3.96. The fourth-order valence-electron chi connectivity index (χ4n) is 3.15. The minimum absolute atomic E-state index is 0.0203. The van der Waals surface area contributed by atoms with Crippen LogP contribution in [-0.4, -0.2) is 41.7 Å². The number of amides is 1. The van der Waals surface area contributed by atoms with E-state index in [4.69, 9.17) is 28.3 Å². The molecule has 0 radical (unpaired) electrons. The third kappa shape index (κ3) is 5.42. The van der Waals surface area contributed by atoms with Crippen LogP contribution >= 0.6 is 23.2 Å². The number of rotatable bonds is 4. The Labute approximate surface area is 192 Å². The van der Waals surface area contributed by atoms with E-state index in [0.717, 1.165) is 12.3 Å². The summed E-state index contributed by atoms with van der Waals surface area (Å²) < 4.78 is 61.8. The minimum Gasteiger partial charge on any atom is -0.355 e. The normalized spacial score (nSPS) is 19.0. The Hall–Kier alpha value is -2.15. The Morgan fingerprint density at radius 2 is 2.00 bits per heavy atom. The number of carbonyl (C=O) groups is 1. The van der Waals surface area contributed by atoms with Crippen LogP contribution in [0.2, 0.25) is 0 Å². The number of sulfonamides is 1. The summed E-state index contributed by atoms with van der Waals surface area (Å²) in [7, 11) is -4.15. The molecular formula is C18H18Cl2F3N5O3S. The van der Waals surface area contributed by atoms with Crippen molar-refractivity contribution < 1.29 is 26.4 Å². The number of nitrogens with two attached hydrogens (primary N) is 1. The molecule has 8 nitrogen and oxygen atoms in total. The van der Waals surface area contributed by atoms with Crippen LogP contribution in [0.5, 0.6) is 0 Å². The second kappa shape index (κ2) is 8.65. The van der Waals surface area contributed by atoms with Gasteiger partial charge in [-0.15, -0.1) is 23.2 Å². The average molecular weight is 512 g/mol. The van der Waals surface area contributed by atoms with Gasteiger partial charge < -0.3 is 10.2 Å². The van der Waals surface area contributed by atoms with Gasteiger partial charge in [-0.05, 0) is 18.6 Å². The highest BCUT2D eigenvalue weighted by Gasteiger charge is 2.39. The van der Waals surface area contributed by atoms with Crippen molar-refractivity contribution >= 4 is 50.6 Å². The summed E-state index contributed by atoms with van der Waals surface area (Å²) >= 11 is 12.5. The molecule has 14 heteroatoms. The van der Waals surface area contributed by atoms with Crippen LogP contribution in [0.1, 0.15) is 29.3 Å². The molecule has 1 aliphatic rings. The third-order valence-electron chi connectivity index (χ3n) is 4.95. The van der Waals surface area contributed by atoms with Crippen LogP contribution in [0, 0.1) is 5.92 Å². The monoisotopic (exact) mass is 511 g/mol. The summed E-state index contributed by atoms with van der Waals surface area (Å²) in [6.07, 6.45) is -2.68. The van der Waals surface area contributed by atoms with Crippen molar-refractivity contribution in [1.29, 1.82) is 0 Å². The minimum atomic E-state index is -4.73. The average Bonchev–Trinajstić information content (AvgIpc) is 2.68. The second-order valence-electron chi connectivity index (χ2n) is 7.33. The van der Waals surface area contributed by atoms with E-state index in [-0.39, 0.29) is 36.1 Å². The summed E-state index contributed by atoms with van der Waals surface area (Å²) in [6.45, 7) is 2.30. The summed E-state index contributed by atoms with van der Waals surface area (Å²) in [6, 6.07) is 2.95. The first-order chi connectivity index (χ1) is 14.7. The van der Waals surface area contributed by atoms with E-state index in [0.29, 0.717) is 18.7 Å². The SMILES string of the molecule is CC1CN(c2ncc(C(F)(F)F)cc2C(=O)Nc2ccnc(S(N)(=O)=O)c2)CCC1(Cl)Cl. The zero-order chi connectivity index (χ0) is 23.9. The Morgan fingerprint density at radius 1 is 1.31 bits per heavy atom. The van der Waals surface area contributed by atoms with Crippen LogP contribution in [-0.2, 0) is 16.2 Å². The van der Waals surface area contributed by atoms with Gasteiger partial charge in [0.25, 0.3) is 15.9 Å². The van der Waals surface area contributed by atoms with Gasteiger partial charge >= 0.3 is 6.18 Å². The van der Waals surface area contributed by atoms with Gasteiger partial charge in [-0.2, -0.15) is 13.2 Å². The molecule has 2 aromatic rings. The van der Waals surface area contributed by atoms with E-state index in [1.165, 1.54) is 6.07 Å². The molecule has 32 heavy (non-hydrogen) atoms. The number of alkyl halides is 5. The molecule has 0 spiro atoms. The lowest BCUT2D eigenvalue weighted by molar-refractivity contribution is -0.137. The number of pyridine rings is 2. The summed E-state index contributed by atoms with van der Waals surface area (Å²) in [4.78, 5) is 22.1. The van der Waals surface area contributed by atoms with Crippen molar-refractivity contribution in [3.8, 4) is 0 Å². The van der Waals surface area contributed by atoms with E-state index in [9.17, 15) is 26.4 Å². The standard InChI is InChI=1S/C18H18Cl2F3N5O3S/c1-10-9-28(5-3-17(10,19)20)15-13(6-11(8-26-15)18(21,22)23)16(29)27-12-2-4-25-14(7-12)32(24,30)31/h2,4,6-8,10H,3,5,9H2,1H3,(H2,24,30,31)(H,25,27,29). The number of nitrogens with one attached hydrogen (secondary N) is 1. The zero-order valence-corrected chi connectivity index (χ0v) is 18.9. The maximum absolute atomic E-state index is 13.3. The van der Waals surface area contributed by atoms with Gasteiger partial charge in [0.2, 0.25) is 0 Å². The van der Waals surface area contributed by atoms with E-state index >= 15 is 0 Å². The predicted octanol–water partition coefficient (Wildman–Crippen LogP) is 3.42. The van der Waals surface area contributed by atoms with Crippen molar-refractivity contribution in [1.82, 2.24) is 9.97 Å². The summed E-state index contributed by atoms with van der Waals surface area (Å²) in [5, 5.41) is 6.89. The van der Waals surface area contributed by atoms with E-state index in [1.807, 2.05) is 0 Å². The quantitative estimate of drug-likeness (QED) is 0.607. The number of primary sulfonamides is 1. The van der Waals surface area contributed by atoms with E-state index in [1.54, 1.807) is 11.8 Å². The Morgan fingerprint density at radius 3 is 2.59 bits per heavy atom. The molecule has 1 unspecified atom stereocenters. The molecule has 0 bridgehead atoms. The molecule has 3 heterocycles. The molecule has 1 atom stereocenters.